The van der Waals surface area contributed by atoms with E-state index in [-0.39, 0.29) is 6.09 Å². The highest BCUT2D eigenvalue weighted by Gasteiger charge is 2.31. The topological polar surface area (TPSA) is 91.4 Å². The van der Waals surface area contributed by atoms with Gasteiger partial charge in [-0.2, -0.15) is 0 Å². The molecule has 2 fully saturated rings. The Kier molecular flexibility index (Phi) is 5.39. The van der Waals surface area contributed by atoms with Crippen molar-refractivity contribution >= 4 is 12.1 Å². The summed E-state index contributed by atoms with van der Waals surface area (Å²) in [6.07, 6.45) is 3.43. The first kappa shape index (κ1) is 17.8. The van der Waals surface area contributed by atoms with E-state index < -0.39 is 11.2 Å². The Bertz CT molecular complexity index is 445. The van der Waals surface area contributed by atoms with Crippen LogP contribution in [0, 0.1) is 0 Å². The molecule has 0 unspecified atom stereocenters. The summed E-state index contributed by atoms with van der Waals surface area (Å²) in [7, 11) is 0. The number of nitrogens with two attached hydrogens (primary N) is 1. The van der Waals surface area contributed by atoms with E-state index in [0.717, 1.165) is 25.7 Å². The van der Waals surface area contributed by atoms with Crippen molar-refractivity contribution < 1.29 is 14.6 Å². The predicted molar refractivity (Wildman–Crippen MR) is 89.3 cm³/mol. The summed E-state index contributed by atoms with van der Waals surface area (Å²) in [6, 6.07) is 0. The number of aliphatic hydroxyl groups is 1. The molecule has 7 heteroatoms. The van der Waals surface area contributed by atoms with Gasteiger partial charge in [-0.05, 0) is 33.6 Å². The maximum atomic E-state index is 12.0. The van der Waals surface area contributed by atoms with E-state index in [1.54, 1.807) is 4.90 Å². The molecule has 0 radical (unpaired) electrons. The third kappa shape index (κ3) is 5.27. The van der Waals surface area contributed by atoms with Crippen molar-refractivity contribution in [2.45, 2.75) is 57.7 Å². The fraction of sp³-hybridized carbons (Fsp3) is 0.875. The molecule has 0 spiro atoms. The Labute approximate surface area is 138 Å². The van der Waals surface area contributed by atoms with Gasteiger partial charge >= 0.3 is 6.09 Å². The molecule has 0 bridgehead atoms. The van der Waals surface area contributed by atoms with Gasteiger partial charge in [0, 0.05) is 26.2 Å². The number of guanidine groups is 1. The second kappa shape index (κ2) is 6.95. The molecule has 1 saturated heterocycles. The van der Waals surface area contributed by atoms with Crippen molar-refractivity contribution in [3.63, 3.8) is 0 Å². The molecule has 0 aromatic carbocycles. The lowest BCUT2D eigenvalue weighted by Crippen LogP contribution is -2.53. The van der Waals surface area contributed by atoms with Crippen molar-refractivity contribution in [2.24, 2.45) is 10.7 Å². The molecule has 23 heavy (non-hydrogen) atoms. The number of amides is 1. The zero-order chi connectivity index (χ0) is 17.1. The minimum atomic E-state index is -0.678. The molecule has 7 nitrogen and oxygen atoms in total. The number of carbonyl (C=O) groups is 1. The largest absolute Gasteiger partial charge is 0.444 e. The normalized spacial score (nSPS) is 22.3. The zero-order valence-corrected chi connectivity index (χ0v) is 14.5. The van der Waals surface area contributed by atoms with Gasteiger partial charge in [0.15, 0.2) is 5.96 Å². The predicted octanol–water partition coefficient (Wildman–Crippen LogP) is 1.16. The number of nitrogens with zero attached hydrogens (tertiary/aromatic N) is 3. The van der Waals surface area contributed by atoms with Crippen LogP contribution in [0.2, 0.25) is 0 Å². The van der Waals surface area contributed by atoms with Crippen LogP contribution in [0.3, 0.4) is 0 Å². The third-order valence-electron chi connectivity index (χ3n) is 4.32. The Morgan fingerprint density at radius 3 is 2.22 bits per heavy atom. The fourth-order valence-corrected chi connectivity index (χ4v) is 2.96. The first-order chi connectivity index (χ1) is 10.7. The molecule has 1 saturated carbocycles. The molecule has 0 atom stereocenters. The van der Waals surface area contributed by atoms with E-state index >= 15 is 0 Å². The van der Waals surface area contributed by atoms with Crippen molar-refractivity contribution in [3.8, 4) is 0 Å². The van der Waals surface area contributed by atoms with Gasteiger partial charge in [0.2, 0.25) is 0 Å². The molecule has 0 aromatic heterocycles. The van der Waals surface area contributed by atoms with Gasteiger partial charge < -0.3 is 25.4 Å². The van der Waals surface area contributed by atoms with E-state index in [1.807, 2.05) is 25.7 Å². The highest BCUT2D eigenvalue weighted by atomic mass is 16.6. The first-order valence-electron chi connectivity index (χ1n) is 8.44. The SMILES string of the molecule is CC(C)(C)OC(=O)N1CCN(C(N)=NCC2(O)CCCC2)CC1. The van der Waals surface area contributed by atoms with Crippen molar-refractivity contribution in [1.82, 2.24) is 9.80 Å². The molecule has 1 heterocycles. The summed E-state index contributed by atoms with van der Waals surface area (Å²) in [5, 5.41) is 10.3. The van der Waals surface area contributed by atoms with E-state index in [0.29, 0.717) is 38.7 Å². The molecular formula is C16H30N4O3. The first-order valence-corrected chi connectivity index (χ1v) is 8.44. The van der Waals surface area contributed by atoms with Gasteiger partial charge in [-0.25, -0.2) is 4.79 Å². The minimum Gasteiger partial charge on any atom is -0.444 e. The summed E-state index contributed by atoms with van der Waals surface area (Å²) < 4.78 is 5.38. The standard InChI is InChI=1S/C16H30N4O3/c1-15(2,3)23-14(21)20-10-8-19(9-11-20)13(17)18-12-16(22)6-4-5-7-16/h22H,4-12H2,1-3H3,(H2,17,18). The average molecular weight is 326 g/mol. The number of rotatable bonds is 2. The van der Waals surface area contributed by atoms with Gasteiger partial charge in [0.05, 0.1) is 12.1 Å². The molecule has 132 valence electrons. The molecule has 3 N–H and O–H groups in total. The second-order valence-electron chi connectivity index (χ2n) is 7.56. The molecule has 1 aliphatic heterocycles. The van der Waals surface area contributed by atoms with E-state index in [1.165, 1.54) is 0 Å². The van der Waals surface area contributed by atoms with Gasteiger partial charge in [-0.1, -0.05) is 12.8 Å². The van der Waals surface area contributed by atoms with Gasteiger partial charge in [-0.3, -0.25) is 4.99 Å². The highest BCUT2D eigenvalue weighted by molar-refractivity contribution is 5.78. The van der Waals surface area contributed by atoms with Crippen LogP contribution in [-0.2, 0) is 4.74 Å². The lowest BCUT2D eigenvalue weighted by Gasteiger charge is -2.36. The Hall–Kier alpha value is -1.50. The van der Waals surface area contributed by atoms with Crippen LogP contribution < -0.4 is 5.73 Å². The van der Waals surface area contributed by atoms with Crippen LogP contribution in [0.5, 0.6) is 0 Å². The summed E-state index contributed by atoms with van der Waals surface area (Å²) in [5.41, 5.74) is 4.88. The van der Waals surface area contributed by atoms with E-state index in [2.05, 4.69) is 4.99 Å². The Morgan fingerprint density at radius 2 is 1.70 bits per heavy atom. The maximum Gasteiger partial charge on any atom is 0.410 e. The molecule has 1 aliphatic carbocycles. The summed E-state index contributed by atoms with van der Waals surface area (Å²) in [6.45, 7) is 8.34. The smallest absolute Gasteiger partial charge is 0.410 e. The summed E-state index contributed by atoms with van der Waals surface area (Å²) in [4.78, 5) is 20.0. The van der Waals surface area contributed by atoms with Crippen molar-refractivity contribution in [1.29, 1.82) is 0 Å². The zero-order valence-electron chi connectivity index (χ0n) is 14.5. The number of ether oxygens (including phenoxy) is 1. The quantitative estimate of drug-likeness (QED) is 0.587. The average Bonchev–Trinajstić information content (AvgIpc) is 2.90. The molecule has 2 aliphatic rings. The van der Waals surface area contributed by atoms with Gasteiger partial charge in [-0.15, -0.1) is 0 Å². The summed E-state index contributed by atoms with van der Waals surface area (Å²) in [5.74, 6) is 0.453. The Balaban J connectivity index is 1.80. The molecule has 0 aromatic rings. The number of aliphatic imine (C=N–C) groups is 1. The number of hydrogen-bond donors (Lipinski definition) is 2. The van der Waals surface area contributed by atoms with Crippen molar-refractivity contribution in [3.05, 3.63) is 0 Å². The van der Waals surface area contributed by atoms with Crippen molar-refractivity contribution in [2.75, 3.05) is 32.7 Å². The highest BCUT2D eigenvalue weighted by Crippen LogP contribution is 2.29. The van der Waals surface area contributed by atoms with Gasteiger partial charge in [0.25, 0.3) is 0 Å². The van der Waals surface area contributed by atoms with Crippen LogP contribution in [-0.4, -0.2) is 70.9 Å². The van der Waals surface area contributed by atoms with Crippen LogP contribution >= 0.6 is 0 Å². The van der Waals surface area contributed by atoms with Crippen LogP contribution in [0.25, 0.3) is 0 Å². The molecular weight excluding hydrogens is 296 g/mol. The number of piperazine rings is 1. The van der Waals surface area contributed by atoms with E-state index in [9.17, 15) is 9.90 Å². The maximum absolute atomic E-state index is 12.0. The lowest BCUT2D eigenvalue weighted by molar-refractivity contribution is 0.0186. The van der Waals surface area contributed by atoms with Crippen LogP contribution in [0.4, 0.5) is 4.79 Å². The second-order valence-corrected chi connectivity index (χ2v) is 7.56. The fourth-order valence-electron chi connectivity index (χ4n) is 2.96. The lowest BCUT2D eigenvalue weighted by atomic mass is 10.0. The van der Waals surface area contributed by atoms with Crippen LogP contribution in [0.15, 0.2) is 4.99 Å². The monoisotopic (exact) mass is 326 g/mol. The van der Waals surface area contributed by atoms with Gasteiger partial charge in [0.1, 0.15) is 5.60 Å². The molecule has 1 amide bonds. The number of hydrogen-bond acceptors (Lipinski definition) is 4. The third-order valence-corrected chi connectivity index (χ3v) is 4.32. The molecule has 2 rings (SSSR count). The number of carbonyl (C=O) groups excluding carboxylic acids is 1. The van der Waals surface area contributed by atoms with Crippen LogP contribution in [0.1, 0.15) is 46.5 Å². The van der Waals surface area contributed by atoms with E-state index in [4.69, 9.17) is 10.5 Å². The minimum absolute atomic E-state index is 0.284. The Morgan fingerprint density at radius 1 is 1.17 bits per heavy atom. The summed E-state index contributed by atoms with van der Waals surface area (Å²) >= 11 is 0.